The molecule has 1 N–H and O–H groups in total. The molecule has 0 bridgehead atoms. The molecule has 2 aromatic heterocycles. The standard InChI is InChI=1S/C15H22N6O/c1-10-8-11(2)21-15(17-10)18-13(19-21)14(22)16-9-12(3)20-6-4-5-7-20/h8,12H,4-7,9H2,1-3H3,(H,16,22)/t12-/m0/s1. The van der Waals surface area contributed by atoms with Crippen LogP contribution >= 0.6 is 0 Å². The first-order valence-electron chi connectivity index (χ1n) is 7.78. The van der Waals surface area contributed by atoms with Crippen LogP contribution in [0.4, 0.5) is 0 Å². The number of nitrogens with zero attached hydrogens (tertiary/aromatic N) is 5. The molecule has 3 heterocycles. The van der Waals surface area contributed by atoms with E-state index < -0.39 is 0 Å². The molecule has 1 amide bonds. The summed E-state index contributed by atoms with van der Waals surface area (Å²) >= 11 is 0. The van der Waals surface area contributed by atoms with E-state index in [9.17, 15) is 4.79 Å². The lowest BCUT2D eigenvalue weighted by Crippen LogP contribution is -2.40. The summed E-state index contributed by atoms with van der Waals surface area (Å²) in [6.07, 6.45) is 2.49. The Morgan fingerprint density at radius 3 is 2.77 bits per heavy atom. The van der Waals surface area contributed by atoms with Gasteiger partial charge < -0.3 is 5.32 Å². The summed E-state index contributed by atoms with van der Waals surface area (Å²) < 4.78 is 1.60. The number of rotatable bonds is 4. The third-order valence-corrected chi connectivity index (χ3v) is 4.14. The van der Waals surface area contributed by atoms with Crippen LogP contribution in [0.2, 0.25) is 0 Å². The number of likely N-dealkylation sites (tertiary alicyclic amines) is 1. The van der Waals surface area contributed by atoms with Crippen LogP contribution in [-0.4, -0.2) is 56.1 Å². The van der Waals surface area contributed by atoms with Crippen LogP contribution in [0, 0.1) is 13.8 Å². The summed E-state index contributed by atoms with van der Waals surface area (Å²) in [6, 6.07) is 2.25. The van der Waals surface area contributed by atoms with Gasteiger partial charge in [0, 0.05) is 24.0 Å². The summed E-state index contributed by atoms with van der Waals surface area (Å²) in [5.41, 5.74) is 1.78. The topological polar surface area (TPSA) is 75.4 Å². The number of carbonyl (C=O) groups excluding carboxylic acids is 1. The summed E-state index contributed by atoms with van der Waals surface area (Å²) in [4.78, 5) is 23.2. The number of hydrogen-bond acceptors (Lipinski definition) is 5. The van der Waals surface area contributed by atoms with Crippen LogP contribution in [0.5, 0.6) is 0 Å². The minimum absolute atomic E-state index is 0.176. The van der Waals surface area contributed by atoms with Crippen molar-refractivity contribution in [2.24, 2.45) is 0 Å². The highest BCUT2D eigenvalue weighted by Gasteiger charge is 2.20. The van der Waals surface area contributed by atoms with Crippen LogP contribution in [0.15, 0.2) is 6.07 Å². The van der Waals surface area contributed by atoms with Crippen LogP contribution in [0.1, 0.15) is 41.8 Å². The van der Waals surface area contributed by atoms with E-state index in [2.05, 4.69) is 32.2 Å². The maximum absolute atomic E-state index is 12.2. The van der Waals surface area contributed by atoms with Gasteiger partial charge in [-0.05, 0) is 52.8 Å². The molecule has 1 atom stereocenters. The SMILES string of the molecule is Cc1cc(C)n2nc(C(=O)NC[C@H](C)N3CCCC3)nc2n1. The smallest absolute Gasteiger partial charge is 0.291 e. The minimum atomic E-state index is -0.242. The van der Waals surface area contributed by atoms with Gasteiger partial charge in [0.15, 0.2) is 0 Å². The van der Waals surface area contributed by atoms with Crippen molar-refractivity contribution in [3.63, 3.8) is 0 Å². The van der Waals surface area contributed by atoms with Crippen molar-refractivity contribution in [1.82, 2.24) is 29.8 Å². The Bertz CT molecular complexity index is 689. The average molecular weight is 302 g/mol. The van der Waals surface area contributed by atoms with Gasteiger partial charge in [-0.3, -0.25) is 9.69 Å². The second-order valence-corrected chi connectivity index (χ2v) is 5.99. The lowest BCUT2D eigenvalue weighted by molar-refractivity contribution is 0.0930. The molecule has 0 radical (unpaired) electrons. The number of hydrogen-bond donors (Lipinski definition) is 1. The molecule has 0 aliphatic carbocycles. The van der Waals surface area contributed by atoms with Gasteiger partial charge in [-0.25, -0.2) is 9.50 Å². The first-order valence-corrected chi connectivity index (χ1v) is 7.78. The van der Waals surface area contributed by atoms with Crippen LogP contribution in [0.3, 0.4) is 0 Å². The van der Waals surface area contributed by atoms with E-state index in [1.165, 1.54) is 12.8 Å². The molecule has 7 nitrogen and oxygen atoms in total. The Hall–Kier alpha value is -2.02. The van der Waals surface area contributed by atoms with Gasteiger partial charge >= 0.3 is 0 Å². The molecule has 2 aromatic rings. The molecular weight excluding hydrogens is 280 g/mol. The predicted molar refractivity (Wildman–Crippen MR) is 82.9 cm³/mol. The summed E-state index contributed by atoms with van der Waals surface area (Å²) in [7, 11) is 0. The molecule has 1 saturated heterocycles. The Labute approximate surface area is 129 Å². The van der Waals surface area contributed by atoms with Crippen molar-refractivity contribution < 1.29 is 4.79 Å². The van der Waals surface area contributed by atoms with E-state index in [1.807, 2.05) is 19.9 Å². The fourth-order valence-corrected chi connectivity index (χ4v) is 2.89. The average Bonchev–Trinajstić information content (AvgIpc) is 3.13. The highest BCUT2D eigenvalue weighted by molar-refractivity contribution is 5.90. The predicted octanol–water partition coefficient (Wildman–Crippen LogP) is 0.955. The molecule has 0 aromatic carbocycles. The summed E-state index contributed by atoms with van der Waals surface area (Å²) in [5.74, 6) is 0.402. The molecule has 1 aliphatic heterocycles. The molecule has 1 aliphatic rings. The van der Waals surface area contributed by atoms with Crippen molar-refractivity contribution in [1.29, 1.82) is 0 Å². The Morgan fingerprint density at radius 1 is 1.32 bits per heavy atom. The highest BCUT2D eigenvalue weighted by Crippen LogP contribution is 2.11. The zero-order valence-electron chi connectivity index (χ0n) is 13.3. The molecule has 0 spiro atoms. The van der Waals surface area contributed by atoms with E-state index in [-0.39, 0.29) is 11.7 Å². The summed E-state index contributed by atoms with van der Waals surface area (Å²) in [5, 5.41) is 7.17. The van der Waals surface area contributed by atoms with E-state index in [4.69, 9.17) is 0 Å². The summed E-state index contributed by atoms with van der Waals surface area (Å²) in [6.45, 7) is 8.81. The lowest BCUT2D eigenvalue weighted by atomic mass is 10.3. The van der Waals surface area contributed by atoms with Crippen molar-refractivity contribution >= 4 is 11.7 Å². The van der Waals surface area contributed by atoms with E-state index in [0.717, 1.165) is 24.5 Å². The quantitative estimate of drug-likeness (QED) is 0.910. The Morgan fingerprint density at radius 2 is 2.05 bits per heavy atom. The molecule has 22 heavy (non-hydrogen) atoms. The second-order valence-electron chi connectivity index (χ2n) is 5.99. The van der Waals surface area contributed by atoms with Gasteiger partial charge in [-0.15, -0.1) is 5.10 Å². The van der Waals surface area contributed by atoms with Gasteiger partial charge in [0.05, 0.1) is 0 Å². The van der Waals surface area contributed by atoms with E-state index in [1.54, 1.807) is 4.52 Å². The van der Waals surface area contributed by atoms with Crippen LogP contribution < -0.4 is 5.32 Å². The largest absolute Gasteiger partial charge is 0.348 e. The van der Waals surface area contributed by atoms with Crippen LogP contribution in [0.25, 0.3) is 5.78 Å². The maximum atomic E-state index is 12.2. The zero-order valence-corrected chi connectivity index (χ0v) is 13.3. The first-order chi connectivity index (χ1) is 10.5. The van der Waals surface area contributed by atoms with E-state index in [0.29, 0.717) is 18.4 Å². The maximum Gasteiger partial charge on any atom is 0.291 e. The molecule has 0 unspecified atom stereocenters. The number of fused-ring (bicyclic) bond motifs is 1. The molecule has 1 fully saturated rings. The monoisotopic (exact) mass is 302 g/mol. The molecule has 0 saturated carbocycles. The number of carbonyl (C=O) groups is 1. The normalized spacial score (nSPS) is 17.0. The third kappa shape index (κ3) is 2.94. The van der Waals surface area contributed by atoms with Gasteiger partial charge in [-0.1, -0.05) is 0 Å². The Balaban J connectivity index is 1.68. The first kappa shape index (κ1) is 14.9. The number of amides is 1. The second kappa shape index (κ2) is 6.00. The fourth-order valence-electron chi connectivity index (χ4n) is 2.89. The highest BCUT2D eigenvalue weighted by atomic mass is 16.2. The van der Waals surface area contributed by atoms with Crippen molar-refractivity contribution in [3.05, 3.63) is 23.3 Å². The number of aryl methyl sites for hydroxylation is 2. The number of aromatic nitrogens is 4. The van der Waals surface area contributed by atoms with Gasteiger partial charge in [-0.2, -0.15) is 4.98 Å². The minimum Gasteiger partial charge on any atom is -0.348 e. The van der Waals surface area contributed by atoms with Gasteiger partial charge in [0.25, 0.3) is 11.7 Å². The lowest BCUT2D eigenvalue weighted by Gasteiger charge is -2.23. The van der Waals surface area contributed by atoms with Crippen LogP contribution in [-0.2, 0) is 0 Å². The molecular formula is C15H22N6O. The van der Waals surface area contributed by atoms with Crippen molar-refractivity contribution in [2.75, 3.05) is 19.6 Å². The van der Waals surface area contributed by atoms with Gasteiger partial charge in [0.2, 0.25) is 5.82 Å². The molecule has 118 valence electrons. The van der Waals surface area contributed by atoms with Crippen molar-refractivity contribution in [2.45, 2.75) is 39.7 Å². The van der Waals surface area contributed by atoms with E-state index >= 15 is 0 Å². The fraction of sp³-hybridized carbons (Fsp3) is 0.600. The zero-order chi connectivity index (χ0) is 15.7. The molecule has 3 rings (SSSR count). The van der Waals surface area contributed by atoms with Crippen molar-refractivity contribution in [3.8, 4) is 0 Å². The van der Waals surface area contributed by atoms with Gasteiger partial charge in [0.1, 0.15) is 0 Å². The Kier molecular flexibility index (Phi) is 4.06. The number of nitrogens with one attached hydrogen (secondary N) is 1. The molecule has 7 heteroatoms. The third-order valence-electron chi connectivity index (χ3n) is 4.14.